The minimum Gasteiger partial charge on any atom is -0.418 e. The van der Waals surface area contributed by atoms with Gasteiger partial charge in [0, 0.05) is 5.56 Å². The molecule has 2 nitrogen and oxygen atoms in total. The standard InChI is InChI=1S/C10H16N.C2H4.BF4.H3N/c1-11(2,3)9-10-7-5-4-6-8-10;1-2;2-1(3,4)5;/h4-8H,9H2,1-3H3;1-2H2;;1H3/q+1;;-1;. The van der Waals surface area contributed by atoms with Gasteiger partial charge in [-0.3, -0.25) is 0 Å². The lowest BCUT2D eigenvalue weighted by Crippen LogP contribution is -2.33. The Bertz CT molecular complexity index is 304. The summed E-state index contributed by atoms with van der Waals surface area (Å²) < 4.78 is 40.0. The number of halogens is 4. The molecule has 0 aliphatic carbocycles. The van der Waals surface area contributed by atoms with Gasteiger partial charge in [-0.1, -0.05) is 30.3 Å². The SMILES string of the molecule is C=C.C[N+](C)(C)Cc1ccccc1.F[B-](F)(F)F.N. The van der Waals surface area contributed by atoms with Crippen molar-refractivity contribution in [3.8, 4) is 0 Å². The summed E-state index contributed by atoms with van der Waals surface area (Å²) in [4.78, 5) is 0. The third-order valence-electron chi connectivity index (χ3n) is 1.50. The molecule has 0 unspecified atom stereocenters. The van der Waals surface area contributed by atoms with E-state index in [9.17, 15) is 17.3 Å². The number of benzene rings is 1. The van der Waals surface area contributed by atoms with Crippen LogP contribution in [0.3, 0.4) is 0 Å². The van der Waals surface area contributed by atoms with Crippen LogP contribution in [0.1, 0.15) is 5.56 Å². The third kappa shape index (κ3) is 26.3. The fourth-order valence-electron chi connectivity index (χ4n) is 1.13. The molecule has 1 aromatic rings. The summed E-state index contributed by atoms with van der Waals surface area (Å²) in [5, 5.41) is 0. The van der Waals surface area contributed by atoms with Crippen LogP contribution in [0.15, 0.2) is 43.5 Å². The van der Waals surface area contributed by atoms with E-state index in [1.807, 2.05) is 0 Å². The van der Waals surface area contributed by atoms with E-state index in [1.165, 1.54) is 5.56 Å². The molecule has 0 atom stereocenters. The fourth-order valence-corrected chi connectivity index (χ4v) is 1.13. The maximum absolute atomic E-state index is 9.75. The summed E-state index contributed by atoms with van der Waals surface area (Å²) in [6, 6.07) is 10.6. The van der Waals surface area contributed by atoms with E-state index >= 15 is 0 Å². The van der Waals surface area contributed by atoms with E-state index in [1.54, 1.807) is 0 Å². The van der Waals surface area contributed by atoms with Crippen LogP contribution in [0, 0.1) is 0 Å². The van der Waals surface area contributed by atoms with Gasteiger partial charge in [-0.25, -0.2) is 0 Å². The summed E-state index contributed by atoms with van der Waals surface area (Å²) in [6.45, 7) is 7.10. The normalized spacial score (nSPS) is 10.1. The van der Waals surface area contributed by atoms with Gasteiger partial charge in [0.2, 0.25) is 0 Å². The maximum atomic E-state index is 9.75. The van der Waals surface area contributed by atoms with Gasteiger partial charge in [-0.05, 0) is 0 Å². The van der Waals surface area contributed by atoms with Crippen LogP contribution >= 0.6 is 0 Å². The molecule has 0 radical (unpaired) electrons. The van der Waals surface area contributed by atoms with Crippen molar-refractivity contribution in [1.82, 2.24) is 6.15 Å². The molecule has 0 aliphatic heterocycles. The third-order valence-corrected chi connectivity index (χ3v) is 1.50. The van der Waals surface area contributed by atoms with Gasteiger partial charge in [0.25, 0.3) is 0 Å². The van der Waals surface area contributed by atoms with E-state index in [0.29, 0.717) is 0 Å². The van der Waals surface area contributed by atoms with E-state index in [4.69, 9.17) is 0 Å². The van der Waals surface area contributed by atoms with Crippen LogP contribution in [0.4, 0.5) is 17.3 Å². The lowest BCUT2D eigenvalue weighted by atomic mass is 10.2. The Morgan fingerprint density at radius 2 is 1.26 bits per heavy atom. The van der Waals surface area contributed by atoms with Crippen LogP contribution < -0.4 is 6.15 Å². The highest BCUT2D eigenvalue weighted by atomic mass is 19.5. The molecule has 0 saturated carbocycles. The molecule has 0 amide bonds. The predicted octanol–water partition coefficient (Wildman–Crippen LogP) is 4.16. The molecule has 112 valence electrons. The predicted molar refractivity (Wildman–Crippen MR) is 74.6 cm³/mol. The zero-order valence-electron chi connectivity index (χ0n) is 11.8. The summed E-state index contributed by atoms with van der Waals surface area (Å²) >= 11 is 0. The van der Waals surface area contributed by atoms with Crippen LogP contribution in [-0.4, -0.2) is 32.9 Å². The Balaban J connectivity index is -0.000000275. The van der Waals surface area contributed by atoms with Crippen LogP contribution in [0.25, 0.3) is 0 Å². The zero-order chi connectivity index (χ0) is 14.8. The minimum absolute atomic E-state index is 0. The first-order valence-corrected chi connectivity index (χ1v) is 5.29. The number of nitrogens with zero attached hydrogens (tertiary/aromatic N) is 1. The fraction of sp³-hybridized carbons (Fsp3) is 0.333. The highest BCUT2D eigenvalue weighted by Crippen LogP contribution is 2.06. The summed E-state index contributed by atoms with van der Waals surface area (Å²) in [5.41, 5.74) is 1.40. The van der Waals surface area contributed by atoms with Gasteiger partial charge in [-0.15, -0.1) is 13.2 Å². The van der Waals surface area contributed by atoms with Crippen molar-refractivity contribution in [2.24, 2.45) is 0 Å². The average molecular weight is 282 g/mol. The summed E-state index contributed by atoms with van der Waals surface area (Å²) in [6.07, 6.45) is 0. The first kappa shape index (κ1) is 22.8. The molecular weight excluding hydrogens is 259 g/mol. The Kier molecular flexibility index (Phi) is 12.7. The van der Waals surface area contributed by atoms with Crippen molar-refractivity contribution in [2.75, 3.05) is 21.1 Å². The molecule has 0 fully saturated rings. The molecule has 0 bridgehead atoms. The van der Waals surface area contributed by atoms with Crippen LogP contribution in [0.5, 0.6) is 0 Å². The van der Waals surface area contributed by atoms with Gasteiger partial charge >= 0.3 is 7.25 Å². The maximum Gasteiger partial charge on any atom is 0.673 e. The Morgan fingerprint density at radius 1 is 0.947 bits per heavy atom. The highest BCUT2D eigenvalue weighted by molar-refractivity contribution is 6.50. The Morgan fingerprint density at radius 3 is 1.53 bits per heavy atom. The summed E-state index contributed by atoms with van der Waals surface area (Å²) in [7, 11) is 0.604. The van der Waals surface area contributed by atoms with Gasteiger partial charge in [-0.2, -0.15) is 0 Å². The molecular formula is C12H23BF4N2. The second-order valence-corrected chi connectivity index (χ2v) is 4.43. The second kappa shape index (κ2) is 10.6. The molecule has 0 saturated heterocycles. The van der Waals surface area contributed by atoms with Gasteiger partial charge < -0.3 is 27.9 Å². The van der Waals surface area contributed by atoms with Crippen molar-refractivity contribution < 1.29 is 21.7 Å². The van der Waals surface area contributed by atoms with Crippen molar-refractivity contribution in [1.29, 1.82) is 0 Å². The van der Waals surface area contributed by atoms with Gasteiger partial charge in [0.15, 0.2) is 0 Å². The Labute approximate surface area is 113 Å². The Hall–Kier alpha value is -1.34. The van der Waals surface area contributed by atoms with Crippen LogP contribution in [0.2, 0.25) is 0 Å². The quantitative estimate of drug-likeness (QED) is 0.376. The highest BCUT2D eigenvalue weighted by Gasteiger charge is 2.20. The van der Waals surface area contributed by atoms with E-state index < -0.39 is 7.25 Å². The molecule has 0 spiro atoms. The molecule has 1 aromatic carbocycles. The molecule has 7 heteroatoms. The topological polar surface area (TPSA) is 35.0 Å². The number of hydrogen-bond acceptors (Lipinski definition) is 1. The van der Waals surface area contributed by atoms with Gasteiger partial charge in [0.1, 0.15) is 6.54 Å². The minimum atomic E-state index is -6.00. The smallest absolute Gasteiger partial charge is 0.418 e. The van der Waals surface area contributed by atoms with E-state index in [2.05, 4.69) is 64.6 Å². The van der Waals surface area contributed by atoms with Gasteiger partial charge in [0.05, 0.1) is 21.1 Å². The summed E-state index contributed by atoms with van der Waals surface area (Å²) in [5.74, 6) is 0. The zero-order valence-corrected chi connectivity index (χ0v) is 11.8. The molecule has 3 N–H and O–H groups in total. The number of rotatable bonds is 2. The van der Waals surface area contributed by atoms with Crippen molar-refractivity contribution in [2.45, 2.75) is 6.54 Å². The average Bonchev–Trinajstić information content (AvgIpc) is 2.17. The molecule has 0 aliphatic rings. The first-order chi connectivity index (χ1) is 8.08. The van der Waals surface area contributed by atoms with Crippen molar-refractivity contribution in [3.63, 3.8) is 0 Å². The lowest BCUT2D eigenvalue weighted by molar-refractivity contribution is -0.884. The first-order valence-electron chi connectivity index (χ1n) is 5.29. The molecule has 0 heterocycles. The monoisotopic (exact) mass is 282 g/mol. The second-order valence-electron chi connectivity index (χ2n) is 4.43. The number of quaternary nitrogens is 1. The van der Waals surface area contributed by atoms with E-state index in [0.717, 1.165) is 11.0 Å². The molecule has 1 rings (SSSR count). The van der Waals surface area contributed by atoms with Crippen LogP contribution in [-0.2, 0) is 6.54 Å². The largest absolute Gasteiger partial charge is 0.673 e. The van der Waals surface area contributed by atoms with Crippen molar-refractivity contribution in [3.05, 3.63) is 49.1 Å². The molecule has 0 aromatic heterocycles. The van der Waals surface area contributed by atoms with E-state index in [-0.39, 0.29) is 6.15 Å². The van der Waals surface area contributed by atoms with Crippen molar-refractivity contribution >= 4 is 7.25 Å². The molecule has 19 heavy (non-hydrogen) atoms. The number of hydrogen-bond donors (Lipinski definition) is 1. The lowest BCUT2D eigenvalue weighted by Gasteiger charge is -2.23.